The minimum atomic E-state index is -0.327. The van der Waals surface area contributed by atoms with Gasteiger partial charge in [0, 0.05) is 39.3 Å². The first-order chi connectivity index (χ1) is 11.6. The molecule has 1 aromatic heterocycles. The summed E-state index contributed by atoms with van der Waals surface area (Å²) in [6.07, 6.45) is 5.48. The minimum Gasteiger partial charge on any atom is -0.396 e. The van der Waals surface area contributed by atoms with Crippen molar-refractivity contribution >= 4 is 11.4 Å². The van der Waals surface area contributed by atoms with Crippen molar-refractivity contribution in [1.82, 2.24) is 14.8 Å². The number of nitrogen functional groups attached to an aromatic ring is 1. The van der Waals surface area contributed by atoms with Crippen LogP contribution in [0, 0.1) is 11.7 Å². The van der Waals surface area contributed by atoms with Crippen molar-refractivity contribution in [3.05, 3.63) is 18.2 Å². The average Bonchev–Trinajstić information content (AvgIpc) is 3.37. The molecule has 132 valence electrons. The second-order valence-electron chi connectivity index (χ2n) is 7.21. The molecule has 0 aromatic carbocycles. The molecule has 0 bridgehead atoms. The van der Waals surface area contributed by atoms with E-state index in [1.807, 2.05) is 0 Å². The smallest absolute Gasteiger partial charge is 0.166 e. The van der Waals surface area contributed by atoms with Crippen molar-refractivity contribution in [2.24, 2.45) is 5.92 Å². The number of hydrogen-bond donors (Lipinski definition) is 1. The molecule has 3 aliphatic heterocycles. The summed E-state index contributed by atoms with van der Waals surface area (Å²) in [5.41, 5.74) is 6.84. The molecule has 4 rings (SSSR count). The van der Waals surface area contributed by atoms with Gasteiger partial charge in [-0.2, -0.15) is 0 Å². The number of nitrogens with zero attached hydrogens (tertiary/aromatic N) is 4. The molecule has 1 aromatic rings. The van der Waals surface area contributed by atoms with Gasteiger partial charge in [0.05, 0.1) is 23.8 Å². The van der Waals surface area contributed by atoms with Crippen molar-refractivity contribution in [1.29, 1.82) is 0 Å². The Labute approximate surface area is 142 Å². The number of ether oxygens (including phenoxy) is 1. The largest absolute Gasteiger partial charge is 0.396 e. The van der Waals surface area contributed by atoms with E-state index in [9.17, 15) is 4.39 Å². The highest BCUT2D eigenvalue weighted by molar-refractivity contribution is 5.67. The highest BCUT2D eigenvalue weighted by atomic mass is 19.1. The lowest BCUT2D eigenvalue weighted by molar-refractivity contribution is 0.105. The van der Waals surface area contributed by atoms with Crippen molar-refractivity contribution in [3.63, 3.8) is 0 Å². The Morgan fingerprint density at radius 3 is 2.50 bits per heavy atom. The highest BCUT2D eigenvalue weighted by Gasteiger charge is 2.49. The van der Waals surface area contributed by atoms with Crippen LogP contribution >= 0.6 is 0 Å². The Bertz CT molecular complexity index is 564. The number of epoxide rings is 1. The van der Waals surface area contributed by atoms with Crippen LogP contribution in [0.25, 0.3) is 0 Å². The van der Waals surface area contributed by atoms with Crippen LogP contribution in [-0.4, -0.2) is 73.4 Å². The second kappa shape index (κ2) is 6.46. The number of rotatable bonds is 3. The molecule has 6 nitrogen and oxygen atoms in total. The van der Waals surface area contributed by atoms with E-state index in [1.165, 1.54) is 12.4 Å². The Kier molecular flexibility index (Phi) is 4.32. The van der Waals surface area contributed by atoms with Gasteiger partial charge in [0.1, 0.15) is 12.3 Å². The van der Waals surface area contributed by atoms with E-state index in [1.54, 1.807) is 0 Å². The molecule has 0 amide bonds. The van der Waals surface area contributed by atoms with Gasteiger partial charge in [-0.25, -0.2) is 4.39 Å². The van der Waals surface area contributed by atoms with Gasteiger partial charge < -0.3 is 20.3 Å². The quantitative estimate of drug-likeness (QED) is 0.832. The van der Waals surface area contributed by atoms with Crippen LogP contribution in [0.4, 0.5) is 15.8 Å². The van der Waals surface area contributed by atoms with E-state index in [-0.39, 0.29) is 5.82 Å². The van der Waals surface area contributed by atoms with Crippen LogP contribution in [0.1, 0.15) is 12.8 Å². The first kappa shape index (κ1) is 16.1. The fraction of sp³-hybridized carbons (Fsp3) is 0.706. The summed E-state index contributed by atoms with van der Waals surface area (Å²) < 4.78 is 20.0. The predicted molar refractivity (Wildman–Crippen MR) is 91.3 cm³/mol. The average molecular weight is 335 g/mol. The van der Waals surface area contributed by atoms with Gasteiger partial charge in [0.25, 0.3) is 0 Å². The fourth-order valence-electron chi connectivity index (χ4n) is 4.06. The van der Waals surface area contributed by atoms with E-state index in [0.29, 0.717) is 29.6 Å². The summed E-state index contributed by atoms with van der Waals surface area (Å²) in [5, 5.41) is 0. The zero-order chi connectivity index (χ0) is 16.7. The lowest BCUT2D eigenvalue weighted by Crippen LogP contribution is -2.47. The lowest BCUT2D eigenvalue weighted by atomic mass is 9.92. The zero-order valence-electron chi connectivity index (χ0n) is 14.2. The molecule has 0 aliphatic carbocycles. The Morgan fingerprint density at radius 1 is 1.12 bits per heavy atom. The maximum absolute atomic E-state index is 14.0. The second-order valence-corrected chi connectivity index (χ2v) is 7.21. The van der Waals surface area contributed by atoms with Crippen molar-refractivity contribution in [3.8, 4) is 0 Å². The molecule has 7 heteroatoms. The van der Waals surface area contributed by atoms with Gasteiger partial charge in [-0.05, 0) is 25.8 Å². The molecule has 24 heavy (non-hydrogen) atoms. The molecule has 2 unspecified atom stereocenters. The molecule has 4 heterocycles. The number of pyridine rings is 1. The van der Waals surface area contributed by atoms with Crippen LogP contribution in [-0.2, 0) is 4.74 Å². The lowest BCUT2D eigenvalue weighted by Gasteiger charge is -2.34. The topological polar surface area (TPSA) is 61.2 Å². The third-order valence-electron chi connectivity index (χ3n) is 5.62. The van der Waals surface area contributed by atoms with Gasteiger partial charge >= 0.3 is 0 Å². The van der Waals surface area contributed by atoms with Crippen LogP contribution in [0.2, 0.25) is 0 Å². The van der Waals surface area contributed by atoms with E-state index in [2.05, 4.69) is 26.7 Å². The van der Waals surface area contributed by atoms with Crippen molar-refractivity contribution < 1.29 is 9.13 Å². The van der Waals surface area contributed by atoms with Gasteiger partial charge in [0.2, 0.25) is 0 Å². The van der Waals surface area contributed by atoms with E-state index >= 15 is 0 Å². The summed E-state index contributed by atoms with van der Waals surface area (Å²) in [4.78, 5) is 10.7. The van der Waals surface area contributed by atoms with Crippen LogP contribution in [0.15, 0.2) is 12.4 Å². The predicted octanol–water partition coefficient (Wildman–Crippen LogP) is 0.992. The molecule has 0 spiro atoms. The van der Waals surface area contributed by atoms with Crippen molar-refractivity contribution in [2.75, 3.05) is 56.9 Å². The molecule has 3 fully saturated rings. The summed E-state index contributed by atoms with van der Waals surface area (Å²) >= 11 is 0. The number of piperazine rings is 1. The molecular formula is C17H26FN5O. The van der Waals surface area contributed by atoms with E-state index in [4.69, 9.17) is 10.5 Å². The van der Waals surface area contributed by atoms with Gasteiger partial charge in [-0.15, -0.1) is 0 Å². The number of halogens is 1. The summed E-state index contributed by atoms with van der Waals surface area (Å²) in [5.74, 6) is 0.239. The molecular weight excluding hydrogens is 309 g/mol. The Hall–Kier alpha value is -1.44. The third kappa shape index (κ3) is 3.08. The first-order valence-electron chi connectivity index (χ1n) is 8.85. The van der Waals surface area contributed by atoms with Gasteiger partial charge in [0.15, 0.2) is 5.82 Å². The molecule has 2 N–H and O–H groups in total. The molecule has 2 atom stereocenters. The number of piperidine rings is 1. The monoisotopic (exact) mass is 335 g/mol. The SMILES string of the molecule is CN1CCN(C2OC2C2CCN(c3c(N)cncc3F)CC2)CC1. The highest BCUT2D eigenvalue weighted by Crippen LogP contribution is 2.39. The van der Waals surface area contributed by atoms with Crippen LogP contribution < -0.4 is 10.6 Å². The van der Waals surface area contributed by atoms with E-state index < -0.39 is 0 Å². The Balaban J connectivity index is 1.31. The first-order valence-corrected chi connectivity index (χ1v) is 8.85. The van der Waals surface area contributed by atoms with Gasteiger partial charge in [-0.3, -0.25) is 9.88 Å². The third-order valence-corrected chi connectivity index (χ3v) is 5.62. The maximum Gasteiger partial charge on any atom is 0.166 e. The summed E-state index contributed by atoms with van der Waals surface area (Å²) in [6.45, 7) is 6.07. The van der Waals surface area contributed by atoms with Gasteiger partial charge in [-0.1, -0.05) is 0 Å². The molecule has 0 radical (unpaired) electrons. The fourth-order valence-corrected chi connectivity index (χ4v) is 4.06. The van der Waals surface area contributed by atoms with Crippen LogP contribution in [0.3, 0.4) is 0 Å². The maximum atomic E-state index is 14.0. The minimum absolute atomic E-state index is 0.304. The molecule has 3 aliphatic rings. The molecule has 3 saturated heterocycles. The zero-order valence-corrected chi connectivity index (χ0v) is 14.2. The number of nitrogens with two attached hydrogens (primary N) is 1. The summed E-state index contributed by atoms with van der Waals surface area (Å²) in [7, 11) is 2.17. The number of anilines is 2. The number of aromatic nitrogens is 1. The number of hydrogen-bond acceptors (Lipinski definition) is 6. The standard InChI is InChI=1S/C17H26FN5O/c1-21-6-8-23(9-7-21)17-16(24-17)12-2-4-22(5-3-12)15-13(18)10-20-11-14(15)19/h10-12,16-17H,2-9,19H2,1H3. The summed E-state index contributed by atoms with van der Waals surface area (Å²) in [6, 6.07) is 0. The van der Waals surface area contributed by atoms with Crippen LogP contribution in [0.5, 0.6) is 0 Å². The van der Waals surface area contributed by atoms with E-state index in [0.717, 1.165) is 52.1 Å². The number of likely N-dealkylation sites (N-methyl/N-ethyl adjacent to an activating group) is 1. The normalized spacial score (nSPS) is 29.8. The molecule has 0 saturated carbocycles. The Morgan fingerprint density at radius 2 is 1.83 bits per heavy atom. The van der Waals surface area contributed by atoms with Crippen molar-refractivity contribution in [2.45, 2.75) is 25.2 Å².